The first-order valence-corrected chi connectivity index (χ1v) is 4.13. The summed E-state index contributed by atoms with van der Waals surface area (Å²) in [6.45, 7) is 1.91. The van der Waals surface area contributed by atoms with Crippen LogP contribution in [0.1, 0.15) is 19.8 Å². The van der Waals surface area contributed by atoms with Crippen molar-refractivity contribution in [2.75, 3.05) is 13.2 Å². The van der Waals surface area contributed by atoms with Gasteiger partial charge in [-0.05, 0) is 11.7 Å². The van der Waals surface area contributed by atoms with Crippen molar-refractivity contribution in [3.8, 4) is 0 Å². The molecule has 0 saturated heterocycles. The summed E-state index contributed by atoms with van der Waals surface area (Å²) in [5, 5.41) is 8.52. The molecule has 1 unspecified atom stereocenters. The number of aliphatic hydroxyl groups excluding tert-OH is 1. The molecule has 0 spiro atoms. The quantitative estimate of drug-likeness (QED) is 0.479. The number of hydrogen-bond acceptors (Lipinski definition) is 4. The van der Waals surface area contributed by atoms with Crippen LogP contribution in [-0.4, -0.2) is 29.5 Å². The first-order chi connectivity index (χ1) is 5.16. The first-order valence-electron chi connectivity index (χ1n) is 3.61. The molecular weight excluding hydrogens is 164 g/mol. The normalized spacial score (nSPS) is 12.6. The van der Waals surface area contributed by atoms with Gasteiger partial charge in [-0.1, -0.05) is 6.92 Å². The number of ether oxygens (including phenoxy) is 1. The summed E-state index contributed by atoms with van der Waals surface area (Å²) in [7, 11) is 0. The van der Waals surface area contributed by atoms with Gasteiger partial charge >= 0.3 is 5.97 Å². The SMILES string of the molecule is CC(S)CCC(=O)OCCO. The second kappa shape index (κ2) is 6.49. The van der Waals surface area contributed by atoms with Gasteiger partial charge < -0.3 is 9.84 Å². The fraction of sp³-hybridized carbons (Fsp3) is 0.857. The minimum Gasteiger partial charge on any atom is -0.463 e. The van der Waals surface area contributed by atoms with Crippen LogP contribution in [-0.2, 0) is 9.53 Å². The summed E-state index contributed by atoms with van der Waals surface area (Å²) in [6, 6.07) is 0. The first kappa shape index (κ1) is 10.8. The Morgan fingerprint density at radius 1 is 1.73 bits per heavy atom. The zero-order valence-corrected chi connectivity index (χ0v) is 7.51. The number of aliphatic hydroxyl groups is 1. The zero-order valence-electron chi connectivity index (χ0n) is 6.62. The Hall–Kier alpha value is -0.220. The van der Waals surface area contributed by atoms with Gasteiger partial charge in [0, 0.05) is 6.42 Å². The van der Waals surface area contributed by atoms with Gasteiger partial charge in [0.25, 0.3) is 0 Å². The Kier molecular flexibility index (Phi) is 6.36. The molecule has 0 aromatic heterocycles. The molecule has 0 aliphatic heterocycles. The molecule has 0 aromatic carbocycles. The van der Waals surface area contributed by atoms with E-state index in [4.69, 9.17) is 5.11 Å². The molecule has 0 fully saturated rings. The third kappa shape index (κ3) is 7.68. The average Bonchev–Trinajstić information content (AvgIpc) is 1.97. The molecule has 0 aromatic rings. The Bertz CT molecular complexity index is 114. The van der Waals surface area contributed by atoms with Crippen LogP contribution in [0.15, 0.2) is 0 Å². The molecular formula is C7H14O3S. The van der Waals surface area contributed by atoms with Crippen LogP contribution >= 0.6 is 12.6 Å². The second-order valence-corrected chi connectivity index (χ2v) is 3.21. The summed E-state index contributed by atoms with van der Waals surface area (Å²) in [5.74, 6) is -0.264. The van der Waals surface area contributed by atoms with Crippen molar-refractivity contribution in [1.29, 1.82) is 0 Å². The lowest BCUT2D eigenvalue weighted by molar-refractivity contribution is -0.144. The molecule has 0 amide bonds. The van der Waals surface area contributed by atoms with Crippen molar-refractivity contribution in [3.63, 3.8) is 0 Å². The maximum absolute atomic E-state index is 10.7. The number of carbonyl (C=O) groups excluding carboxylic acids is 1. The van der Waals surface area contributed by atoms with Crippen molar-refractivity contribution in [2.24, 2.45) is 0 Å². The smallest absolute Gasteiger partial charge is 0.305 e. The summed E-state index contributed by atoms with van der Waals surface area (Å²) in [4.78, 5) is 10.7. The van der Waals surface area contributed by atoms with Crippen molar-refractivity contribution >= 4 is 18.6 Å². The van der Waals surface area contributed by atoms with E-state index in [2.05, 4.69) is 17.4 Å². The van der Waals surface area contributed by atoms with Crippen LogP contribution in [0.2, 0.25) is 0 Å². The Balaban J connectivity index is 3.23. The molecule has 0 aliphatic rings. The topological polar surface area (TPSA) is 46.5 Å². The highest BCUT2D eigenvalue weighted by Crippen LogP contribution is 2.03. The number of esters is 1. The van der Waals surface area contributed by atoms with E-state index in [1.54, 1.807) is 0 Å². The monoisotopic (exact) mass is 178 g/mol. The van der Waals surface area contributed by atoms with Gasteiger partial charge in [-0.25, -0.2) is 0 Å². The maximum Gasteiger partial charge on any atom is 0.305 e. The van der Waals surface area contributed by atoms with E-state index in [0.29, 0.717) is 12.8 Å². The van der Waals surface area contributed by atoms with Crippen LogP contribution in [0.25, 0.3) is 0 Å². The Morgan fingerprint density at radius 2 is 2.36 bits per heavy atom. The van der Waals surface area contributed by atoms with Gasteiger partial charge in [-0.2, -0.15) is 12.6 Å². The van der Waals surface area contributed by atoms with Gasteiger partial charge in [-0.3, -0.25) is 4.79 Å². The predicted molar refractivity (Wildman–Crippen MR) is 45.7 cm³/mol. The van der Waals surface area contributed by atoms with Gasteiger partial charge in [0.2, 0.25) is 0 Å². The van der Waals surface area contributed by atoms with E-state index in [9.17, 15) is 4.79 Å². The van der Waals surface area contributed by atoms with E-state index < -0.39 is 0 Å². The summed E-state index contributed by atoms with van der Waals surface area (Å²) in [6.07, 6.45) is 1.10. The highest BCUT2D eigenvalue weighted by atomic mass is 32.1. The summed E-state index contributed by atoms with van der Waals surface area (Å²) >= 11 is 4.11. The molecule has 66 valence electrons. The largest absolute Gasteiger partial charge is 0.463 e. The van der Waals surface area contributed by atoms with Crippen molar-refractivity contribution in [1.82, 2.24) is 0 Å². The van der Waals surface area contributed by atoms with Gasteiger partial charge in [-0.15, -0.1) is 0 Å². The number of thiol groups is 1. The minimum absolute atomic E-state index is 0.0970. The van der Waals surface area contributed by atoms with E-state index in [1.807, 2.05) is 6.92 Å². The maximum atomic E-state index is 10.7. The zero-order chi connectivity index (χ0) is 8.69. The van der Waals surface area contributed by atoms with Crippen molar-refractivity contribution in [3.05, 3.63) is 0 Å². The van der Waals surface area contributed by atoms with Crippen molar-refractivity contribution < 1.29 is 14.6 Å². The van der Waals surface area contributed by atoms with E-state index in [0.717, 1.165) is 0 Å². The fourth-order valence-electron chi connectivity index (χ4n) is 0.558. The molecule has 1 atom stereocenters. The number of hydrogen-bond donors (Lipinski definition) is 2. The van der Waals surface area contributed by atoms with Crippen LogP contribution in [0.5, 0.6) is 0 Å². The lowest BCUT2D eigenvalue weighted by Gasteiger charge is -2.03. The number of carbonyl (C=O) groups is 1. The third-order valence-corrected chi connectivity index (χ3v) is 1.38. The summed E-state index contributed by atoms with van der Waals surface area (Å²) in [5.41, 5.74) is 0. The molecule has 0 aliphatic carbocycles. The van der Waals surface area contributed by atoms with Crippen LogP contribution in [0.3, 0.4) is 0 Å². The van der Waals surface area contributed by atoms with E-state index >= 15 is 0 Å². The van der Waals surface area contributed by atoms with Crippen LogP contribution in [0.4, 0.5) is 0 Å². The van der Waals surface area contributed by atoms with Crippen LogP contribution < -0.4 is 0 Å². The molecule has 4 heteroatoms. The lowest BCUT2D eigenvalue weighted by Crippen LogP contribution is -2.09. The molecule has 1 N–H and O–H groups in total. The van der Waals surface area contributed by atoms with Crippen molar-refractivity contribution in [2.45, 2.75) is 25.0 Å². The highest BCUT2D eigenvalue weighted by Gasteiger charge is 2.03. The molecule has 11 heavy (non-hydrogen) atoms. The molecule has 0 bridgehead atoms. The standard InChI is InChI=1S/C7H14O3S/c1-6(11)2-3-7(9)10-5-4-8/h6,8,11H,2-5H2,1H3. The lowest BCUT2D eigenvalue weighted by atomic mass is 10.2. The fourth-order valence-corrected chi connectivity index (χ4v) is 0.687. The van der Waals surface area contributed by atoms with Crippen LogP contribution in [0, 0.1) is 0 Å². The molecule has 0 rings (SSSR count). The molecule has 0 saturated carbocycles. The van der Waals surface area contributed by atoms with E-state index in [1.165, 1.54) is 0 Å². The Labute approximate surface area is 72.2 Å². The third-order valence-electron chi connectivity index (χ3n) is 1.12. The van der Waals surface area contributed by atoms with Gasteiger partial charge in [0.05, 0.1) is 6.61 Å². The Morgan fingerprint density at radius 3 is 2.82 bits per heavy atom. The average molecular weight is 178 g/mol. The predicted octanol–water partition coefficient (Wildman–Crippen LogP) is 0.620. The molecule has 0 radical (unpaired) electrons. The molecule has 0 heterocycles. The number of rotatable bonds is 5. The summed E-state index contributed by atoms with van der Waals surface area (Å²) < 4.78 is 4.62. The van der Waals surface area contributed by atoms with E-state index in [-0.39, 0.29) is 24.4 Å². The molecule has 3 nitrogen and oxygen atoms in total. The minimum atomic E-state index is -0.264. The highest BCUT2D eigenvalue weighted by molar-refractivity contribution is 7.80. The van der Waals surface area contributed by atoms with Gasteiger partial charge in [0.1, 0.15) is 6.61 Å². The van der Waals surface area contributed by atoms with Gasteiger partial charge in [0.15, 0.2) is 0 Å². The second-order valence-electron chi connectivity index (χ2n) is 2.33.